The minimum atomic E-state index is -0.520. The number of thioether (sulfide) groups is 1. The van der Waals surface area contributed by atoms with Crippen LogP contribution in [0, 0.1) is 12.7 Å². The van der Waals surface area contributed by atoms with Crippen molar-refractivity contribution in [1.82, 2.24) is 0 Å². The predicted molar refractivity (Wildman–Crippen MR) is 61.6 cm³/mol. The van der Waals surface area contributed by atoms with Crippen LogP contribution < -0.4 is 0 Å². The lowest BCUT2D eigenvalue weighted by Crippen LogP contribution is -2.13. The first kappa shape index (κ1) is 11.0. The topological polar surface area (TPSA) is 20.2 Å². The number of aliphatic hydroxyl groups excluding tert-OH is 1. The standard InChI is InChI=1S/C12H15FOS/c1-8-4-5-9(13)7-10(8)12(14)11-3-2-6-15-11/h4-5,7,11-12,14H,2-3,6H2,1H3. The van der Waals surface area contributed by atoms with Gasteiger partial charge < -0.3 is 5.11 Å². The van der Waals surface area contributed by atoms with E-state index in [2.05, 4.69) is 0 Å². The van der Waals surface area contributed by atoms with E-state index < -0.39 is 6.10 Å². The molecule has 0 bridgehead atoms. The van der Waals surface area contributed by atoms with Crippen LogP contribution in [0.2, 0.25) is 0 Å². The van der Waals surface area contributed by atoms with Crippen LogP contribution in [-0.2, 0) is 0 Å². The van der Waals surface area contributed by atoms with Crippen molar-refractivity contribution < 1.29 is 9.50 Å². The van der Waals surface area contributed by atoms with Gasteiger partial charge in [-0.15, -0.1) is 0 Å². The lowest BCUT2D eigenvalue weighted by molar-refractivity contribution is 0.172. The lowest BCUT2D eigenvalue weighted by Gasteiger charge is -2.19. The second-order valence-electron chi connectivity index (χ2n) is 4.00. The number of aryl methyl sites for hydroxylation is 1. The van der Waals surface area contributed by atoms with Gasteiger partial charge in [-0.25, -0.2) is 4.39 Å². The Bertz CT molecular complexity index is 347. The summed E-state index contributed by atoms with van der Waals surface area (Å²) in [5, 5.41) is 10.4. The summed E-state index contributed by atoms with van der Waals surface area (Å²) in [6, 6.07) is 4.62. The van der Waals surface area contributed by atoms with E-state index in [1.807, 2.05) is 6.92 Å². The maximum absolute atomic E-state index is 13.1. The lowest BCUT2D eigenvalue weighted by atomic mass is 9.99. The van der Waals surface area contributed by atoms with Gasteiger partial charge >= 0.3 is 0 Å². The Hall–Kier alpha value is -0.540. The summed E-state index contributed by atoms with van der Waals surface area (Å²) in [6.07, 6.45) is 1.66. The zero-order valence-corrected chi connectivity index (χ0v) is 9.56. The average molecular weight is 226 g/mol. The fraction of sp³-hybridized carbons (Fsp3) is 0.500. The summed E-state index contributed by atoms with van der Waals surface area (Å²) in [5.41, 5.74) is 1.71. The molecular formula is C12H15FOS. The van der Waals surface area contributed by atoms with E-state index in [-0.39, 0.29) is 11.1 Å². The van der Waals surface area contributed by atoms with Gasteiger partial charge in [-0.1, -0.05) is 6.07 Å². The van der Waals surface area contributed by atoms with Crippen LogP contribution in [-0.4, -0.2) is 16.1 Å². The summed E-state index contributed by atoms with van der Waals surface area (Å²) < 4.78 is 13.1. The number of halogens is 1. The summed E-state index contributed by atoms with van der Waals surface area (Å²) in [4.78, 5) is 0. The number of benzene rings is 1. The van der Waals surface area contributed by atoms with Gasteiger partial charge in [0, 0.05) is 5.25 Å². The first-order chi connectivity index (χ1) is 7.18. The van der Waals surface area contributed by atoms with Gasteiger partial charge in [0.15, 0.2) is 0 Å². The Morgan fingerprint density at radius 1 is 1.53 bits per heavy atom. The van der Waals surface area contributed by atoms with E-state index in [9.17, 15) is 9.50 Å². The second-order valence-corrected chi connectivity index (χ2v) is 5.34. The molecule has 0 saturated carbocycles. The SMILES string of the molecule is Cc1ccc(F)cc1C(O)C1CCCS1. The van der Waals surface area contributed by atoms with E-state index in [1.54, 1.807) is 17.8 Å². The highest BCUT2D eigenvalue weighted by molar-refractivity contribution is 8.00. The zero-order chi connectivity index (χ0) is 10.8. The van der Waals surface area contributed by atoms with Crippen molar-refractivity contribution in [1.29, 1.82) is 0 Å². The van der Waals surface area contributed by atoms with Gasteiger partial charge in [0.05, 0.1) is 6.10 Å². The molecule has 1 aliphatic heterocycles. The highest BCUT2D eigenvalue weighted by Crippen LogP contribution is 2.36. The summed E-state index contributed by atoms with van der Waals surface area (Å²) in [5.74, 6) is 0.841. The highest BCUT2D eigenvalue weighted by Gasteiger charge is 2.26. The van der Waals surface area contributed by atoms with Crippen LogP contribution in [0.4, 0.5) is 4.39 Å². The molecule has 0 aromatic heterocycles. The van der Waals surface area contributed by atoms with Gasteiger partial charge in [0.1, 0.15) is 5.82 Å². The Labute approximate surface area is 93.7 Å². The molecular weight excluding hydrogens is 211 g/mol. The van der Waals surface area contributed by atoms with Crippen molar-refractivity contribution in [3.8, 4) is 0 Å². The molecule has 0 aliphatic carbocycles. The van der Waals surface area contributed by atoms with Gasteiger partial charge in [-0.05, 0) is 48.8 Å². The van der Waals surface area contributed by atoms with Gasteiger partial charge in [0.25, 0.3) is 0 Å². The molecule has 1 heterocycles. The molecule has 3 heteroatoms. The molecule has 0 amide bonds. The molecule has 1 aromatic carbocycles. The highest BCUT2D eigenvalue weighted by atomic mass is 32.2. The molecule has 2 atom stereocenters. The fourth-order valence-electron chi connectivity index (χ4n) is 1.98. The van der Waals surface area contributed by atoms with Crippen molar-refractivity contribution in [3.63, 3.8) is 0 Å². The molecule has 82 valence electrons. The Morgan fingerprint density at radius 2 is 2.33 bits per heavy atom. The van der Waals surface area contributed by atoms with Crippen LogP contribution in [0.1, 0.15) is 30.1 Å². The van der Waals surface area contributed by atoms with E-state index in [4.69, 9.17) is 0 Å². The second kappa shape index (κ2) is 4.54. The van der Waals surface area contributed by atoms with Crippen molar-refractivity contribution in [2.24, 2.45) is 0 Å². The largest absolute Gasteiger partial charge is 0.387 e. The number of hydrogen-bond acceptors (Lipinski definition) is 2. The van der Waals surface area contributed by atoms with Crippen LogP contribution in [0.15, 0.2) is 18.2 Å². The van der Waals surface area contributed by atoms with Crippen molar-refractivity contribution in [2.45, 2.75) is 31.1 Å². The van der Waals surface area contributed by atoms with Gasteiger partial charge in [-0.2, -0.15) is 11.8 Å². The third-order valence-corrected chi connectivity index (χ3v) is 4.32. The van der Waals surface area contributed by atoms with Gasteiger partial charge in [-0.3, -0.25) is 0 Å². The van der Waals surface area contributed by atoms with Crippen molar-refractivity contribution >= 4 is 11.8 Å². The Morgan fingerprint density at radius 3 is 3.00 bits per heavy atom. The van der Waals surface area contributed by atoms with Crippen LogP contribution >= 0.6 is 11.8 Å². The molecule has 1 nitrogen and oxygen atoms in total. The van der Waals surface area contributed by atoms with E-state index in [1.165, 1.54) is 12.1 Å². The zero-order valence-electron chi connectivity index (χ0n) is 8.74. The molecule has 1 N–H and O–H groups in total. The fourth-order valence-corrected chi connectivity index (χ4v) is 3.28. The first-order valence-corrected chi connectivity index (χ1v) is 6.29. The summed E-state index contributed by atoms with van der Waals surface area (Å²) >= 11 is 1.79. The Kier molecular flexibility index (Phi) is 3.32. The number of rotatable bonds is 2. The molecule has 0 radical (unpaired) electrons. The van der Waals surface area contributed by atoms with E-state index in [0.29, 0.717) is 0 Å². The molecule has 2 rings (SSSR count). The molecule has 0 spiro atoms. The van der Waals surface area contributed by atoms with Crippen LogP contribution in [0.5, 0.6) is 0 Å². The Balaban J connectivity index is 2.23. The monoisotopic (exact) mass is 226 g/mol. The predicted octanol–water partition coefficient (Wildman–Crippen LogP) is 3.06. The van der Waals surface area contributed by atoms with Crippen LogP contribution in [0.3, 0.4) is 0 Å². The molecule has 1 aliphatic rings. The average Bonchev–Trinajstić information content (AvgIpc) is 2.74. The maximum Gasteiger partial charge on any atom is 0.123 e. The minimum Gasteiger partial charge on any atom is -0.387 e. The smallest absolute Gasteiger partial charge is 0.123 e. The third-order valence-electron chi connectivity index (χ3n) is 2.88. The molecule has 1 fully saturated rings. The van der Waals surface area contributed by atoms with Crippen LogP contribution in [0.25, 0.3) is 0 Å². The van der Waals surface area contributed by atoms with E-state index >= 15 is 0 Å². The maximum atomic E-state index is 13.1. The molecule has 1 saturated heterocycles. The first-order valence-electron chi connectivity index (χ1n) is 5.24. The van der Waals surface area contributed by atoms with E-state index in [0.717, 1.165) is 29.7 Å². The number of hydrogen-bond donors (Lipinski definition) is 1. The minimum absolute atomic E-state index is 0.241. The van der Waals surface area contributed by atoms with Gasteiger partial charge in [0.2, 0.25) is 0 Å². The molecule has 1 aromatic rings. The quantitative estimate of drug-likeness (QED) is 0.836. The molecule has 15 heavy (non-hydrogen) atoms. The normalized spacial score (nSPS) is 23.0. The van der Waals surface area contributed by atoms with Crippen molar-refractivity contribution in [2.75, 3.05) is 5.75 Å². The van der Waals surface area contributed by atoms with Crippen molar-refractivity contribution in [3.05, 3.63) is 35.1 Å². The number of aliphatic hydroxyl groups is 1. The summed E-state index contributed by atoms with van der Waals surface area (Å²) in [6.45, 7) is 1.91. The third kappa shape index (κ3) is 2.34. The summed E-state index contributed by atoms with van der Waals surface area (Å²) in [7, 11) is 0. The molecule has 2 unspecified atom stereocenters.